The zero-order chi connectivity index (χ0) is 14.1. The van der Waals surface area contributed by atoms with E-state index in [1.807, 2.05) is 37.3 Å². The summed E-state index contributed by atoms with van der Waals surface area (Å²) in [5.74, 6) is -0.489. The van der Waals surface area contributed by atoms with E-state index in [0.717, 1.165) is 24.7 Å². The fourth-order valence-electron chi connectivity index (χ4n) is 1.81. The Morgan fingerprint density at radius 3 is 2.63 bits per heavy atom. The van der Waals surface area contributed by atoms with E-state index in [0.29, 0.717) is 6.42 Å². The number of nitrogens with one attached hydrogen (secondary N) is 1. The number of carbonyl (C=O) groups excluding carboxylic acids is 2. The van der Waals surface area contributed by atoms with Gasteiger partial charge in [0.05, 0.1) is 6.04 Å². The summed E-state index contributed by atoms with van der Waals surface area (Å²) in [5, 5.41) is 12.4. The maximum Gasteiger partial charge on any atom is 0.249 e. The summed E-state index contributed by atoms with van der Waals surface area (Å²) in [7, 11) is 0. The molecule has 4 heteroatoms. The highest BCUT2D eigenvalue weighted by Crippen LogP contribution is 2.04. The number of benzene rings is 1. The van der Waals surface area contributed by atoms with Gasteiger partial charge < -0.3 is 15.2 Å². The van der Waals surface area contributed by atoms with Gasteiger partial charge in [0.25, 0.3) is 0 Å². The lowest BCUT2D eigenvalue weighted by molar-refractivity contribution is -0.131. The summed E-state index contributed by atoms with van der Waals surface area (Å²) in [6.07, 6.45) is 2.32. The SMILES string of the molecule is CCCC[C@@H](C=O)NC(=O)C(O)Cc1ccccc1. The Morgan fingerprint density at radius 2 is 2.05 bits per heavy atom. The fourth-order valence-corrected chi connectivity index (χ4v) is 1.81. The maximum absolute atomic E-state index is 11.8. The van der Waals surface area contributed by atoms with Crippen molar-refractivity contribution < 1.29 is 14.7 Å². The number of carbonyl (C=O) groups is 2. The molecular formula is C15H21NO3. The molecule has 0 fully saturated rings. The number of hydrogen-bond donors (Lipinski definition) is 2. The van der Waals surface area contributed by atoms with Crippen molar-refractivity contribution in [2.24, 2.45) is 0 Å². The maximum atomic E-state index is 11.8. The number of amides is 1. The molecule has 19 heavy (non-hydrogen) atoms. The topological polar surface area (TPSA) is 66.4 Å². The molecule has 0 bridgehead atoms. The Kier molecular flexibility index (Phi) is 6.82. The molecule has 2 atom stereocenters. The lowest BCUT2D eigenvalue weighted by Crippen LogP contribution is -2.43. The third kappa shape index (κ3) is 5.66. The van der Waals surface area contributed by atoms with E-state index in [9.17, 15) is 14.7 Å². The quantitative estimate of drug-likeness (QED) is 0.698. The molecule has 1 unspecified atom stereocenters. The van der Waals surface area contributed by atoms with Gasteiger partial charge in [-0.05, 0) is 12.0 Å². The number of hydrogen-bond acceptors (Lipinski definition) is 3. The molecular weight excluding hydrogens is 242 g/mol. The summed E-state index contributed by atoms with van der Waals surface area (Å²) >= 11 is 0. The number of aliphatic hydroxyl groups excluding tert-OH is 1. The van der Waals surface area contributed by atoms with Crippen LogP contribution in [0.2, 0.25) is 0 Å². The molecule has 1 rings (SSSR count). The monoisotopic (exact) mass is 263 g/mol. The van der Waals surface area contributed by atoms with Crippen LogP contribution in [0.4, 0.5) is 0 Å². The predicted molar refractivity (Wildman–Crippen MR) is 73.7 cm³/mol. The first kappa shape index (κ1) is 15.4. The Hall–Kier alpha value is -1.68. The van der Waals surface area contributed by atoms with Gasteiger partial charge >= 0.3 is 0 Å². The van der Waals surface area contributed by atoms with Crippen LogP contribution in [0.1, 0.15) is 31.7 Å². The lowest BCUT2D eigenvalue weighted by atomic mass is 10.1. The zero-order valence-electron chi connectivity index (χ0n) is 11.2. The van der Waals surface area contributed by atoms with Crippen molar-refractivity contribution in [1.29, 1.82) is 0 Å². The summed E-state index contributed by atoms with van der Waals surface area (Å²) in [5.41, 5.74) is 0.890. The summed E-state index contributed by atoms with van der Waals surface area (Å²) in [6, 6.07) is 8.79. The Bertz CT molecular complexity index is 392. The molecule has 104 valence electrons. The number of aldehydes is 1. The average Bonchev–Trinajstić information content (AvgIpc) is 2.44. The van der Waals surface area contributed by atoms with Crippen LogP contribution in [-0.2, 0) is 16.0 Å². The van der Waals surface area contributed by atoms with Crippen LogP contribution in [0.15, 0.2) is 30.3 Å². The van der Waals surface area contributed by atoms with Gasteiger partial charge in [-0.15, -0.1) is 0 Å². The third-order valence-corrected chi connectivity index (χ3v) is 2.94. The van der Waals surface area contributed by atoms with Crippen molar-refractivity contribution in [3.63, 3.8) is 0 Å². The standard InChI is InChI=1S/C15H21NO3/c1-2-3-9-13(11-17)16-15(19)14(18)10-12-7-5-4-6-8-12/h4-8,11,13-14,18H,2-3,9-10H2,1H3,(H,16,19)/t13-,14?/m0/s1. The van der Waals surface area contributed by atoms with Crippen molar-refractivity contribution in [2.45, 2.75) is 44.8 Å². The second-order valence-electron chi connectivity index (χ2n) is 4.60. The predicted octanol–water partition coefficient (Wildman–Crippen LogP) is 1.46. The summed E-state index contributed by atoms with van der Waals surface area (Å²) < 4.78 is 0. The van der Waals surface area contributed by atoms with Crippen molar-refractivity contribution in [3.8, 4) is 0 Å². The van der Waals surface area contributed by atoms with Crippen molar-refractivity contribution in [2.75, 3.05) is 0 Å². The van der Waals surface area contributed by atoms with Crippen LogP contribution >= 0.6 is 0 Å². The van der Waals surface area contributed by atoms with Crippen LogP contribution in [-0.4, -0.2) is 29.4 Å². The van der Waals surface area contributed by atoms with Crippen LogP contribution in [0.5, 0.6) is 0 Å². The first-order valence-corrected chi connectivity index (χ1v) is 6.65. The molecule has 2 N–H and O–H groups in total. The molecule has 0 aromatic heterocycles. The van der Waals surface area contributed by atoms with E-state index in [1.54, 1.807) is 0 Å². The van der Waals surface area contributed by atoms with Gasteiger partial charge in [0.15, 0.2) is 0 Å². The van der Waals surface area contributed by atoms with Crippen LogP contribution in [0, 0.1) is 0 Å². The van der Waals surface area contributed by atoms with Gasteiger partial charge in [0, 0.05) is 6.42 Å². The fraction of sp³-hybridized carbons (Fsp3) is 0.467. The molecule has 0 spiro atoms. The molecule has 1 amide bonds. The molecule has 1 aromatic carbocycles. The second-order valence-corrected chi connectivity index (χ2v) is 4.60. The minimum absolute atomic E-state index is 0.256. The second kappa shape index (κ2) is 8.43. The minimum atomic E-state index is -1.12. The van der Waals surface area contributed by atoms with Crippen molar-refractivity contribution in [3.05, 3.63) is 35.9 Å². The molecule has 0 saturated heterocycles. The van der Waals surface area contributed by atoms with Crippen molar-refractivity contribution >= 4 is 12.2 Å². The van der Waals surface area contributed by atoms with E-state index in [4.69, 9.17) is 0 Å². The number of aliphatic hydroxyl groups is 1. The Labute approximate surface area is 113 Å². The van der Waals surface area contributed by atoms with Crippen LogP contribution < -0.4 is 5.32 Å². The van der Waals surface area contributed by atoms with Crippen LogP contribution in [0.3, 0.4) is 0 Å². The molecule has 0 heterocycles. The molecule has 0 aliphatic heterocycles. The van der Waals surface area contributed by atoms with E-state index in [-0.39, 0.29) is 6.42 Å². The van der Waals surface area contributed by atoms with Gasteiger partial charge in [0.1, 0.15) is 12.4 Å². The molecule has 1 aromatic rings. The third-order valence-electron chi connectivity index (χ3n) is 2.94. The first-order valence-electron chi connectivity index (χ1n) is 6.65. The van der Waals surface area contributed by atoms with Crippen molar-refractivity contribution in [1.82, 2.24) is 5.32 Å². The molecule has 0 radical (unpaired) electrons. The average molecular weight is 263 g/mol. The largest absolute Gasteiger partial charge is 0.383 e. The zero-order valence-corrected chi connectivity index (χ0v) is 11.2. The highest BCUT2D eigenvalue weighted by atomic mass is 16.3. The number of unbranched alkanes of at least 4 members (excludes halogenated alkanes) is 1. The highest BCUT2D eigenvalue weighted by molar-refractivity contribution is 5.83. The Morgan fingerprint density at radius 1 is 1.37 bits per heavy atom. The number of rotatable bonds is 8. The van der Waals surface area contributed by atoms with E-state index < -0.39 is 18.1 Å². The minimum Gasteiger partial charge on any atom is -0.383 e. The molecule has 0 aliphatic carbocycles. The van der Waals surface area contributed by atoms with E-state index in [1.165, 1.54) is 0 Å². The normalized spacial score (nSPS) is 13.6. The molecule has 4 nitrogen and oxygen atoms in total. The molecule has 0 aliphatic rings. The molecule has 0 saturated carbocycles. The summed E-state index contributed by atoms with van der Waals surface area (Å²) in [4.78, 5) is 22.6. The van der Waals surface area contributed by atoms with Gasteiger partial charge in [-0.3, -0.25) is 4.79 Å². The lowest BCUT2D eigenvalue weighted by Gasteiger charge is -2.15. The smallest absolute Gasteiger partial charge is 0.249 e. The van der Waals surface area contributed by atoms with Gasteiger partial charge in [-0.1, -0.05) is 50.1 Å². The van der Waals surface area contributed by atoms with Gasteiger partial charge in [-0.2, -0.15) is 0 Å². The van der Waals surface area contributed by atoms with Crippen LogP contribution in [0.25, 0.3) is 0 Å². The van der Waals surface area contributed by atoms with E-state index in [2.05, 4.69) is 5.32 Å². The highest BCUT2D eigenvalue weighted by Gasteiger charge is 2.18. The van der Waals surface area contributed by atoms with E-state index >= 15 is 0 Å². The first-order chi connectivity index (χ1) is 9.17. The summed E-state index contributed by atoms with van der Waals surface area (Å²) in [6.45, 7) is 2.02. The van der Waals surface area contributed by atoms with Gasteiger partial charge in [0.2, 0.25) is 5.91 Å². The van der Waals surface area contributed by atoms with Gasteiger partial charge in [-0.25, -0.2) is 0 Å². The Balaban J connectivity index is 2.45.